The van der Waals surface area contributed by atoms with E-state index in [-0.39, 0.29) is 0 Å². The van der Waals surface area contributed by atoms with E-state index in [1.807, 2.05) is 20.9 Å². The molecule has 1 saturated carbocycles. The molecule has 2 N–H and O–H groups in total. The predicted octanol–water partition coefficient (Wildman–Crippen LogP) is 1.20. The molecule has 0 spiro atoms. The number of anilines is 1. The summed E-state index contributed by atoms with van der Waals surface area (Å²) in [5, 5.41) is 4.42. The van der Waals surface area contributed by atoms with E-state index >= 15 is 0 Å². The molecular weight excluding hydrogens is 178 g/mol. The SMILES string of the molecule is CCOC1CC1c1nn(C)c(N)c1C. The fourth-order valence-electron chi connectivity index (χ4n) is 1.87. The first-order valence-corrected chi connectivity index (χ1v) is 5.05. The zero-order valence-electron chi connectivity index (χ0n) is 8.95. The van der Waals surface area contributed by atoms with Crippen molar-refractivity contribution in [3.05, 3.63) is 11.3 Å². The Hall–Kier alpha value is -1.03. The zero-order valence-corrected chi connectivity index (χ0v) is 8.95. The van der Waals surface area contributed by atoms with E-state index in [4.69, 9.17) is 10.5 Å². The molecule has 0 aliphatic heterocycles. The van der Waals surface area contributed by atoms with E-state index in [0.717, 1.165) is 30.1 Å². The van der Waals surface area contributed by atoms with Gasteiger partial charge in [0.1, 0.15) is 5.82 Å². The molecule has 2 atom stereocenters. The van der Waals surface area contributed by atoms with Gasteiger partial charge in [-0.2, -0.15) is 5.10 Å². The van der Waals surface area contributed by atoms with Crippen molar-refractivity contribution in [1.29, 1.82) is 0 Å². The van der Waals surface area contributed by atoms with Crippen LogP contribution in [0.25, 0.3) is 0 Å². The fourth-order valence-corrected chi connectivity index (χ4v) is 1.87. The van der Waals surface area contributed by atoms with E-state index in [1.165, 1.54) is 0 Å². The summed E-state index contributed by atoms with van der Waals surface area (Å²) in [5.41, 5.74) is 8.07. The molecule has 2 unspecified atom stereocenters. The molecule has 1 heterocycles. The Bertz CT molecular complexity index is 345. The normalized spacial score (nSPS) is 25.4. The van der Waals surface area contributed by atoms with Crippen LogP contribution in [-0.2, 0) is 11.8 Å². The van der Waals surface area contributed by atoms with Crippen molar-refractivity contribution in [1.82, 2.24) is 9.78 Å². The maximum Gasteiger partial charge on any atom is 0.124 e. The van der Waals surface area contributed by atoms with Crippen LogP contribution in [-0.4, -0.2) is 22.5 Å². The van der Waals surface area contributed by atoms with Gasteiger partial charge in [-0.25, -0.2) is 0 Å². The average molecular weight is 195 g/mol. The van der Waals surface area contributed by atoms with E-state index in [1.54, 1.807) is 4.68 Å². The second kappa shape index (κ2) is 3.28. The minimum atomic E-state index is 0.369. The van der Waals surface area contributed by atoms with Gasteiger partial charge >= 0.3 is 0 Å². The molecule has 1 aliphatic carbocycles. The number of aromatic nitrogens is 2. The minimum absolute atomic E-state index is 0.369. The predicted molar refractivity (Wildman–Crippen MR) is 55.1 cm³/mol. The first-order chi connectivity index (χ1) is 6.65. The van der Waals surface area contributed by atoms with Crippen molar-refractivity contribution in [2.75, 3.05) is 12.3 Å². The monoisotopic (exact) mass is 195 g/mol. The molecule has 0 bridgehead atoms. The largest absolute Gasteiger partial charge is 0.384 e. The smallest absolute Gasteiger partial charge is 0.124 e. The molecule has 2 rings (SSSR count). The lowest BCUT2D eigenvalue weighted by atomic mass is 10.2. The quantitative estimate of drug-likeness (QED) is 0.788. The van der Waals surface area contributed by atoms with Gasteiger partial charge in [-0.1, -0.05) is 0 Å². The van der Waals surface area contributed by atoms with E-state index in [0.29, 0.717) is 12.0 Å². The van der Waals surface area contributed by atoms with E-state index in [2.05, 4.69) is 5.10 Å². The topological polar surface area (TPSA) is 53.1 Å². The zero-order chi connectivity index (χ0) is 10.3. The number of aryl methyl sites for hydroxylation is 1. The van der Waals surface area contributed by atoms with E-state index in [9.17, 15) is 0 Å². The minimum Gasteiger partial charge on any atom is -0.384 e. The average Bonchev–Trinajstić information content (AvgIpc) is 2.86. The summed E-state index contributed by atoms with van der Waals surface area (Å²) in [4.78, 5) is 0. The van der Waals surface area contributed by atoms with Crippen molar-refractivity contribution in [2.24, 2.45) is 7.05 Å². The van der Waals surface area contributed by atoms with Crippen molar-refractivity contribution in [3.63, 3.8) is 0 Å². The molecule has 1 aromatic heterocycles. The van der Waals surface area contributed by atoms with Crippen LogP contribution in [0.5, 0.6) is 0 Å². The van der Waals surface area contributed by atoms with Gasteiger partial charge < -0.3 is 10.5 Å². The second-order valence-corrected chi connectivity index (χ2v) is 3.86. The molecule has 4 heteroatoms. The maximum absolute atomic E-state index is 5.85. The summed E-state index contributed by atoms with van der Waals surface area (Å²) >= 11 is 0. The van der Waals surface area contributed by atoms with Crippen LogP contribution in [0.2, 0.25) is 0 Å². The first kappa shape index (κ1) is 9.52. The maximum atomic E-state index is 5.85. The van der Waals surface area contributed by atoms with Gasteiger partial charge in [0.15, 0.2) is 0 Å². The molecule has 4 nitrogen and oxygen atoms in total. The van der Waals surface area contributed by atoms with Crippen molar-refractivity contribution in [2.45, 2.75) is 32.3 Å². The molecule has 0 saturated heterocycles. The van der Waals surface area contributed by atoms with E-state index < -0.39 is 0 Å². The van der Waals surface area contributed by atoms with Gasteiger partial charge in [0.05, 0.1) is 11.8 Å². The molecular formula is C10H17N3O. The number of nitrogen functional groups attached to an aromatic ring is 1. The Morgan fingerprint density at radius 3 is 2.86 bits per heavy atom. The van der Waals surface area contributed by atoms with Crippen molar-refractivity contribution < 1.29 is 4.74 Å². The molecule has 0 amide bonds. The highest BCUT2D eigenvalue weighted by atomic mass is 16.5. The van der Waals surface area contributed by atoms with Crippen LogP contribution in [0, 0.1) is 6.92 Å². The van der Waals surface area contributed by atoms with Gasteiger partial charge in [-0.15, -0.1) is 0 Å². The standard InChI is InChI=1S/C10H17N3O/c1-4-14-8-5-7(8)9-6(2)10(11)13(3)12-9/h7-8H,4-5,11H2,1-3H3. The van der Waals surface area contributed by atoms with Crippen LogP contribution >= 0.6 is 0 Å². The Kier molecular flexibility index (Phi) is 2.23. The summed E-state index contributed by atoms with van der Waals surface area (Å²) in [5.74, 6) is 1.24. The highest BCUT2D eigenvalue weighted by Crippen LogP contribution is 2.44. The number of nitrogens with two attached hydrogens (primary N) is 1. The number of hydrogen-bond donors (Lipinski definition) is 1. The Morgan fingerprint density at radius 2 is 2.36 bits per heavy atom. The van der Waals surface area contributed by atoms with Crippen LogP contribution < -0.4 is 5.73 Å². The first-order valence-electron chi connectivity index (χ1n) is 5.05. The third kappa shape index (κ3) is 1.39. The van der Waals surface area contributed by atoms with Gasteiger partial charge in [0, 0.05) is 25.1 Å². The van der Waals surface area contributed by atoms with Gasteiger partial charge in [0.25, 0.3) is 0 Å². The summed E-state index contributed by atoms with van der Waals surface area (Å²) in [6.07, 6.45) is 1.46. The van der Waals surface area contributed by atoms with Crippen molar-refractivity contribution >= 4 is 5.82 Å². The Labute approximate surface area is 84.0 Å². The van der Waals surface area contributed by atoms with Crippen LogP contribution in [0.1, 0.15) is 30.5 Å². The molecule has 0 radical (unpaired) electrons. The number of nitrogens with zero attached hydrogens (tertiary/aromatic N) is 2. The number of hydrogen-bond acceptors (Lipinski definition) is 3. The highest BCUT2D eigenvalue weighted by Gasteiger charge is 2.42. The molecule has 14 heavy (non-hydrogen) atoms. The Balaban J connectivity index is 2.15. The molecule has 1 aliphatic rings. The molecule has 1 fully saturated rings. The Morgan fingerprint density at radius 1 is 1.64 bits per heavy atom. The highest BCUT2D eigenvalue weighted by molar-refractivity contribution is 5.45. The van der Waals surface area contributed by atoms with Gasteiger partial charge in [0.2, 0.25) is 0 Å². The fraction of sp³-hybridized carbons (Fsp3) is 0.700. The summed E-state index contributed by atoms with van der Waals surface area (Å²) in [6, 6.07) is 0. The summed E-state index contributed by atoms with van der Waals surface area (Å²) in [6.45, 7) is 4.83. The number of ether oxygens (including phenoxy) is 1. The van der Waals surface area contributed by atoms with Crippen molar-refractivity contribution in [3.8, 4) is 0 Å². The van der Waals surface area contributed by atoms with Gasteiger partial charge in [-0.05, 0) is 20.3 Å². The van der Waals surface area contributed by atoms with Crippen LogP contribution in [0.4, 0.5) is 5.82 Å². The lowest BCUT2D eigenvalue weighted by molar-refractivity contribution is 0.128. The molecule has 1 aromatic rings. The number of rotatable bonds is 3. The van der Waals surface area contributed by atoms with Gasteiger partial charge in [-0.3, -0.25) is 4.68 Å². The molecule has 78 valence electrons. The third-order valence-corrected chi connectivity index (χ3v) is 2.84. The summed E-state index contributed by atoms with van der Waals surface area (Å²) < 4.78 is 7.28. The van der Waals surface area contributed by atoms with Crippen LogP contribution in [0.3, 0.4) is 0 Å². The second-order valence-electron chi connectivity index (χ2n) is 3.86. The lowest BCUT2D eigenvalue weighted by Gasteiger charge is -1.97. The lowest BCUT2D eigenvalue weighted by Crippen LogP contribution is -1.98. The summed E-state index contributed by atoms with van der Waals surface area (Å²) in [7, 11) is 1.88. The third-order valence-electron chi connectivity index (χ3n) is 2.84. The molecule has 0 aromatic carbocycles. The van der Waals surface area contributed by atoms with Crippen LogP contribution in [0.15, 0.2) is 0 Å².